The SMILES string of the molecule is Cc1c(C(=O)O)c2cccc(F)c2c(=O)n1-c1ccn(C)n1. The monoisotopic (exact) mass is 301 g/mol. The molecule has 0 aliphatic heterocycles. The van der Waals surface area contributed by atoms with Crippen molar-refractivity contribution in [2.24, 2.45) is 7.05 Å². The van der Waals surface area contributed by atoms with Gasteiger partial charge in [0.05, 0.1) is 10.9 Å². The third kappa shape index (κ3) is 1.90. The molecular formula is C15H12FN3O3. The quantitative estimate of drug-likeness (QED) is 0.784. The van der Waals surface area contributed by atoms with Gasteiger partial charge in [-0.3, -0.25) is 14.0 Å². The fourth-order valence-corrected chi connectivity index (χ4v) is 2.59. The molecule has 0 radical (unpaired) electrons. The van der Waals surface area contributed by atoms with Crippen LogP contribution >= 0.6 is 0 Å². The molecule has 0 aliphatic rings. The Bertz CT molecular complexity index is 972. The van der Waals surface area contributed by atoms with E-state index in [1.54, 1.807) is 19.3 Å². The highest BCUT2D eigenvalue weighted by Gasteiger charge is 2.22. The second-order valence-electron chi connectivity index (χ2n) is 4.92. The first-order valence-electron chi connectivity index (χ1n) is 6.49. The molecule has 22 heavy (non-hydrogen) atoms. The van der Waals surface area contributed by atoms with Crippen molar-refractivity contribution in [1.29, 1.82) is 0 Å². The van der Waals surface area contributed by atoms with Crippen LogP contribution in [0.1, 0.15) is 16.1 Å². The van der Waals surface area contributed by atoms with Crippen LogP contribution < -0.4 is 5.56 Å². The molecule has 0 fully saturated rings. The number of aryl methyl sites for hydroxylation is 1. The fraction of sp³-hybridized carbons (Fsp3) is 0.133. The predicted molar refractivity (Wildman–Crippen MR) is 78.0 cm³/mol. The molecule has 7 heteroatoms. The molecule has 1 N–H and O–H groups in total. The Morgan fingerprint density at radius 3 is 2.64 bits per heavy atom. The Kier molecular flexibility index (Phi) is 3.05. The zero-order valence-corrected chi connectivity index (χ0v) is 11.9. The van der Waals surface area contributed by atoms with E-state index in [-0.39, 0.29) is 27.8 Å². The van der Waals surface area contributed by atoms with E-state index in [0.717, 1.165) is 10.6 Å². The van der Waals surface area contributed by atoms with Gasteiger partial charge in [-0.05, 0) is 13.0 Å². The molecule has 0 amide bonds. The van der Waals surface area contributed by atoms with Crippen LogP contribution in [0.4, 0.5) is 4.39 Å². The third-order valence-electron chi connectivity index (χ3n) is 3.54. The summed E-state index contributed by atoms with van der Waals surface area (Å²) < 4.78 is 16.7. The highest BCUT2D eigenvalue weighted by molar-refractivity contribution is 6.04. The number of hydrogen-bond acceptors (Lipinski definition) is 3. The minimum absolute atomic E-state index is 0.0854. The van der Waals surface area contributed by atoms with Crippen molar-refractivity contribution < 1.29 is 14.3 Å². The lowest BCUT2D eigenvalue weighted by molar-refractivity contribution is 0.0697. The van der Waals surface area contributed by atoms with Crippen LogP contribution in [0.25, 0.3) is 16.6 Å². The van der Waals surface area contributed by atoms with Gasteiger partial charge in [0.2, 0.25) is 0 Å². The maximum absolute atomic E-state index is 14.1. The van der Waals surface area contributed by atoms with Crippen molar-refractivity contribution in [1.82, 2.24) is 14.3 Å². The van der Waals surface area contributed by atoms with E-state index >= 15 is 0 Å². The average molecular weight is 301 g/mol. The number of rotatable bonds is 2. The highest BCUT2D eigenvalue weighted by Crippen LogP contribution is 2.23. The number of nitrogens with zero attached hydrogens (tertiary/aromatic N) is 3. The number of halogens is 1. The summed E-state index contributed by atoms with van der Waals surface area (Å²) in [5.41, 5.74) is -0.539. The number of benzene rings is 1. The molecule has 0 saturated heterocycles. The van der Waals surface area contributed by atoms with Crippen LogP contribution in [-0.2, 0) is 7.05 Å². The molecule has 0 spiro atoms. The summed E-state index contributed by atoms with van der Waals surface area (Å²) in [5, 5.41) is 13.4. The number of hydrogen-bond donors (Lipinski definition) is 1. The Labute approximate surface area is 124 Å². The normalized spacial score (nSPS) is 11.0. The summed E-state index contributed by atoms with van der Waals surface area (Å²) in [7, 11) is 1.67. The van der Waals surface area contributed by atoms with Crippen LogP contribution in [0, 0.1) is 12.7 Å². The van der Waals surface area contributed by atoms with E-state index < -0.39 is 17.3 Å². The molecule has 2 heterocycles. The zero-order chi connectivity index (χ0) is 16.0. The summed E-state index contributed by atoms with van der Waals surface area (Å²) in [6.07, 6.45) is 1.62. The van der Waals surface area contributed by atoms with E-state index in [1.165, 1.54) is 23.7 Å². The number of aromatic nitrogens is 3. The van der Waals surface area contributed by atoms with Crippen molar-refractivity contribution in [3.05, 3.63) is 57.9 Å². The average Bonchev–Trinajstić information content (AvgIpc) is 2.84. The molecule has 3 aromatic rings. The Hall–Kier alpha value is -2.96. The number of carboxylic acids is 1. The van der Waals surface area contributed by atoms with Gasteiger partial charge in [0, 0.05) is 30.4 Å². The van der Waals surface area contributed by atoms with E-state index in [1.807, 2.05) is 0 Å². The first kappa shape index (κ1) is 14.0. The van der Waals surface area contributed by atoms with Gasteiger partial charge < -0.3 is 5.11 Å². The van der Waals surface area contributed by atoms with Gasteiger partial charge in [-0.1, -0.05) is 12.1 Å². The van der Waals surface area contributed by atoms with Crippen molar-refractivity contribution in [2.45, 2.75) is 6.92 Å². The maximum Gasteiger partial charge on any atom is 0.338 e. The Morgan fingerprint density at radius 1 is 1.32 bits per heavy atom. The minimum atomic E-state index is -1.22. The third-order valence-corrected chi connectivity index (χ3v) is 3.54. The molecule has 0 aliphatic carbocycles. The lowest BCUT2D eigenvalue weighted by Gasteiger charge is -2.13. The number of pyridine rings is 1. The molecule has 6 nitrogen and oxygen atoms in total. The van der Waals surface area contributed by atoms with Gasteiger partial charge in [0.25, 0.3) is 5.56 Å². The second kappa shape index (κ2) is 4.80. The van der Waals surface area contributed by atoms with Crippen LogP contribution in [-0.4, -0.2) is 25.4 Å². The second-order valence-corrected chi connectivity index (χ2v) is 4.92. The molecule has 0 atom stereocenters. The zero-order valence-electron chi connectivity index (χ0n) is 11.9. The molecule has 1 aromatic carbocycles. The van der Waals surface area contributed by atoms with Crippen molar-refractivity contribution in [3.8, 4) is 5.82 Å². The first-order valence-corrected chi connectivity index (χ1v) is 6.49. The van der Waals surface area contributed by atoms with Crippen LogP contribution in [0.3, 0.4) is 0 Å². The van der Waals surface area contributed by atoms with Crippen molar-refractivity contribution in [3.63, 3.8) is 0 Å². The Morgan fingerprint density at radius 2 is 2.05 bits per heavy atom. The number of fused-ring (bicyclic) bond motifs is 1. The topological polar surface area (TPSA) is 77.1 Å². The lowest BCUT2D eigenvalue weighted by atomic mass is 10.0. The molecule has 3 rings (SSSR count). The van der Waals surface area contributed by atoms with Crippen molar-refractivity contribution >= 4 is 16.7 Å². The van der Waals surface area contributed by atoms with E-state index in [9.17, 15) is 19.1 Å². The lowest BCUT2D eigenvalue weighted by Crippen LogP contribution is -2.25. The minimum Gasteiger partial charge on any atom is -0.478 e. The van der Waals surface area contributed by atoms with Gasteiger partial charge in [-0.15, -0.1) is 0 Å². The highest BCUT2D eigenvalue weighted by atomic mass is 19.1. The first-order chi connectivity index (χ1) is 10.4. The molecule has 112 valence electrons. The molecule has 0 unspecified atom stereocenters. The van der Waals surface area contributed by atoms with Gasteiger partial charge in [0.15, 0.2) is 5.82 Å². The van der Waals surface area contributed by atoms with Gasteiger partial charge in [-0.2, -0.15) is 5.10 Å². The number of carboxylic acid groups (broad SMARTS) is 1. The maximum atomic E-state index is 14.1. The van der Waals surface area contributed by atoms with E-state index in [4.69, 9.17) is 0 Å². The van der Waals surface area contributed by atoms with Crippen LogP contribution in [0.2, 0.25) is 0 Å². The standard InChI is InChI=1S/C15H12FN3O3/c1-8-12(15(21)22)9-4-3-5-10(16)13(9)14(20)19(8)11-6-7-18(2)17-11/h3-7H,1-2H3,(H,21,22). The van der Waals surface area contributed by atoms with Gasteiger partial charge in [0.1, 0.15) is 5.82 Å². The number of aromatic carboxylic acids is 1. The van der Waals surface area contributed by atoms with E-state index in [0.29, 0.717) is 0 Å². The molecule has 0 saturated carbocycles. The van der Waals surface area contributed by atoms with Gasteiger partial charge in [-0.25, -0.2) is 9.18 Å². The smallest absolute Gasteiger partial charge is 0.338 e. The summed E-state index contributed by atoms with van der Waals surface area (Å²) in [4.78, 5) is 24.2. The Balaban J connectivity index is 2.56. The number of carbonyl (C=O) groups is 1. The summed E-state index contributed by atoms with van der Waals surface area (Å²) in [5.74, 6) is -1.73. The molecular weight excluding hydrogens is 289 g/mol. The predicted octanol–water partition coefficient (Wildman–Crippen LogP) is 1.87. The fourth-order valence-electron chi connectivity index (χ4n) is 2.59. The van der Waals surface area contributed by atoms with Crippen LogP contribution in [0.15, 0.2) is 35.3 Å². The van der Waals surface area contributed by atoms with Crippen molar-refractivity contribution in [2.75, 3.05) is 0 Å². The summed E-state index contributed by atoms with van der Waals surface area (Å²) in [6.45, 7) is 1.50. The largest absolute Gasteiger partial charge is 0.478 e. The summed E-state index contributed by atoms with van der Waals surface area (Å²) >= 11 is 0. The molecule has 2 aromatic heterocycles. The van der Waals surface area contributed by atoms with Gasteiger partial charge >= 0.3 is 5.97 Å². The summed E-state index contributed by atoms with van der Waals surface area (Å²) in [6, 6.07) is 5.51. The molecule has 0 bridgehead atoms. The van der Waals surface area contributed by atoms with Crippen LogP contribution in [0.5, 0.6) is 0 Å². The van der Waals surface area contributed by atoms with E-state index in [2.05, 4.69) is 5.10 Å².